The van der Waals surface area contributed by atoms with Crippen molar-refractivity contribution in [2.24, 2.45) is 0 Å². The SMILES string of the molecule is O=C(NC[C@@H]1CNCCN1C(=O)c1[nH]c(=O)n([C@@H]2CCCC[C@H]2O)c1-c1ccccc1)c1ccccc1. The molecule has 2 aromatic carbocycles. The maximum atomic E-state index is 14.0. The molecule has 0 spiro atoms. The molecule has 2 fully saturated rings. The molecule has 2 aliphatic rings. The molecule has 1 saturated carbocycles. The van der Waals surface area contributed by atoms with Crippen LogP contribution in [-0.4, -0.2) is 69.7 Å². The average molecular weight is 504 g/mol. The average Bonchev–Trinajstić information content (AvgIpc) is 3.29. The Kier molecular flexibility index (Phi) is 7.52. The number of nitrogens with one attached hydrogen (secondary N) is 3. The molecule has 2 heterocycles. The van der Waals surface area contributed by atoms with Crippen molar-refractivity contribution in [1.82, 2.24) is 25.1 Å². The van der Waals surface area contributed by atoms with E-state index in [2.05, 4.69) is 15.6 Å². The van der Waals surface area contributed by atoms with Crippen LogP contribution in [0.2, 0.25) is 0 Å². The molecular formula is C28H33N5O4. The van der Waals surface area contributed by atoms with E-state index in [9.17, 15) is 19.5 Å². The largest absolute Gasteiger partial charge is 0.391 e. The first kappa shape index (κ1) is 25.0. The van der Waals surface area contributed by atoms with Crippen LogP contribution in [0, 0.1) is 0 Å². The summed E-state index contributed by atoms with van der Waals surface area (Å²) in [5.41, 5.74) is 1.63. The van der Waals surface area contributed by atoms with Gasteiger partial charge in [0.15, 0.2) is 0 Å². The molecule has 0 bridgehead atoms. The molecule has 2 amide bonds. The normalized spacial score (nSPS) is 22.0. The van der Waals surface area contributed by atoms with Crippen LogP contribution in [0.1, 0.15) is 52.6 Å². The van der Waals surface area contributed by atoms with E-state index in [1.165, 1.54) is 0 Å². The second-order valence-electron chi connectivity index (χ2n) is 9.74. The third-order valence-corrected chi connectivity index (χ3v) is 7.36. The van der Waals surface area contributed by atoms with Gasteiger partial charge in [-0.05, 0) is 25.0 Å². The number of imidazole rings is 1. The number of piperazine rings is 1. The van der Waals surface area contributed by atoms with E-state index in [0.717, 1.165) is 18.4 Å². The van der Waals surface area contributed by atoms with Crippen molar-refractivity contribution >= 4 is 11.8 Å². The first-order valence-corrected chi connectivity index (χ1v) is 13.0. The number of H-pyrrole nitrogens is 1. The number of aromatic amines is 1. The van der Waals surface area contributed by atoms with Crippen LogP contribution in [-0.2, 0) is 0 Å². The third kappa shape index (κ3) is 5.23. The fourth-order valence-corrected chi connectivity index (χ4v) is 5.45. The van der Waals surface area contributed by atoms with Crippen molar-refractivity contribution in [1.29, 1.82) is 0 Å². The van der Waals surface area contributed by atoms with Crippen LogP contribution in [0.3, 0.4) is 0 Å². The van der Waals surface area contributed by atoms with Crippen molar-refractivity contribution in [3.63, 3.8) is 0 Å². The van der Waals surface area contributed by atoms with Crippen molar-refractivity contribution in [2.75, 3.05) is 26.2 Å². The fourth-order valence-electron chi connectivity index (χ4n) is 5.45. The second kappa shape index (κ2) is 11.1. The molecule has 9 nitrogen and oxygen atoms in total. The van der Waals surface area contributed by atoms with E-state index in [1.54, 1.807) is 21.6 Å². The van der Waals surface area contributed by atoms with Crippen LogP contribution >= 0.6 is 0 Å². The van der Waals surface area contributed by atoms with Gasteiger partial charge in [0.25, 0.3) is 11.8 Å². The highest BCUT2D eigenvalue weighted by atomic mass is 16.3. The van der Waals surface area contributed by atoms with Gasteiger partial charge in [-0.3, -0.25) is 14.2 Å². The fraction of sp³-hybridized carbons (Fsp3) is 0.393. The van der Waals surface area contributed by atoms with Crippen LogP contribution in [0.15, 0.2) is 65.5 Å². The van der Waals surface area contributed by atoms with E-state index < -0.39 is 17.8 Å². The molecule has 37 heavy (non-hydrogen) atoms. The lowest BCUT2D eigenvalue weighted by atomic mass is 9.92. The standard InChI is InChI=1S/C28H33N5O4/c34-23-14-8-7-13-22(23)33-25(19-9-3-1-4-10-19)24(31-28(33)37)27(36)32-16-15-29-17-21(32)18-30-26(35)20-11-5-2-6-12-20/h1-6,9-12,21-23,29,34H,7-8,13-18H2,(H,30,35)(H,31,37)/t21-,22+,23+/m0/s1. The number of aromatic nitrogens is 2. The van der Waals surface area contributed by atoms with Gasteiger partial charge in [0, 0.05) is 37.3 Å². The summed E-state index contributed by atoms with van der Waals surface area (Å²) < 4.78 is 1.58. The van der Waals surface area contributed by atoms with Crippen LogP contribution in [0.4, 0.5) is 0 Å². The molecule has 1 aliphatic heterocycles. The number of carbonyl (C=O) groups is 2. The molecule has 1 aromatic heterocycles. The Balaban J connectivity index is 1.46. The maximum Gasteiger partial charge on any atom is 0.326 e. The molecule has 1 aliphatic carbocycles. The number of carbonyl (C=O) groups excluding carboxylic acids is 2. The molecule has 9 heteroatoms. The van der Waals surface area contributed by atoms with Gasteiger partial charge in [0.1, 0.15) is 5.69 Å². The Morgan fingerprint density at radius 3 is 2.43 bits per heavy atom. The summed E-state index contributed by atoms with van der Waals surface area (Å²) >= 11 is 0. The molecule has 1 saturated heterocycles. The van der Waals surface area contributed by atoms with Crippen molar-refractivity contribution < 1.29 is 14.7 Å². The number of hydrogen-bond donors (Lipinski definition) is 4. The summed E-state index contributed by atoms with van der Waals surface area (Å²) in [6, 6.07) is 17.7. The molecule has 0 radical (unpaired) electrons. The van der Waals surface area contributed by atoms with E-state index in [0.29, 0.717) is 43.7 Å². The zero-order valence-corrected chi connectivity index (χ0v) is 20.7. The minimum absolute atomic E-state index is 0.200. The summed E-state index contributed by atoms with van der Waals surface area (Å²) in [7, 11) is 0. The van der Waals surface area contributed by atoms with Gasteiger partial charge >= 0.3 is 5.69 Å². The zero-order valence-electron chi connectivity index (χ0n) is 20.7. The number of hydrogen-bond acceptors (Lipinski definition) is 5. The van der Waals surface area contributed by atoms with Gasteiger partial charge in [-0.1, -0.05) is 61.4 Å². The van der Waals surface area contributed by atoms with Gasteiger partial charge in [-0.15, -0.1) is 0 Å². The topological polar surface area (TPSA) is 119 Å². The zero-order chi connectivity index (χ0) is 25.8. The Morgan fingerprint density at radius 1 is 1.00 bits per heavy atom. The first-order chi connectivity index (χ1) is 18.0. The highest BCUT2D eigenvalue weighted by Crippen LogP contribution is 2.33. The molecule has 4 N–H and O–H groups in total. The Bertz CT molecular complexity index is 1290. The molecular weight excluding hydrogens is 470 g/mol. The maximum absolute atomic E-state index is 14.0. The number of benzene rings is 2. The summed E-state index contributed by atoms with van der Waals surface area (Å²) in [5.74, 6) is -0.491. The predicted octanol–water partition coefficient (Wildman–Crippen LogP) is 2.16. The van der Waals surface area contributed by atoms with E-state index in [4.69, 9.17) is 0 Å². The number of aliphatic hydroxyl groups excluding tert-OH is 1. The first-order valence-electron chi connectivity index (χ1n) is 13.0. The molecule has 3 atom stereocenters. The van der Waals surface area contributed by atoms with Crippen LogP contribution in [0.5, 0.6) is 0 Å². The summed E-state index contributed by atoms with van der Waals surface area (Å²) in [6.45, 7) is 1.85. The van der Waals surface area contributed by atoms with Gasteiger partial charge in [0.05, 0.1) is 23.9 Å². The lowest BCUT2D eigenvalue weighted by molar-refractivity contribution is 0.0618. The Hall–Kier alpha value is -3.69. The number of amides is 2. The number of nitrogens with zero attached hydrogens (tertiary/aromatic N) is 2. The molecule has 0 unspecified atom stereocenters. The van der Waals surface area contributed by atoms with Gasteiger partial charge in [-0.25, -0.2) is 4.79 Å². The minimum atomic E-state index is -0.646. The smallest absolute Gasteiger partial charge is 0.326 e. The number of rotatable bonds is 6. The molecule has 194 valence electrons. The summed E-state index contributed by atoms with van der Waals surface area (Å²) in [4.78, 5) is 44.4. The van der Waals surface area contributed by atoms with Crippen molar-refractivity contribution in [3.05, 3.63) is 82.4 Å². The van der Waals surface area contributed by atoms with Crippen LogP contribution in [0.25, 0.3) is 11.3 Å². The number of aliphatic hydroxyl groups is 1. The predicted molar refractivity (Wildman–Crippen MR) is 140 cm³/mol. The molecule has 3 aromatic rings. The lowest BCUT2D eigenvalue weighted by Gasteiger charge is -2.36. The van der Waals surface area contributed by atoms with E-state index in [1.807, 2.05) is 48.5 Å². The monoisotopic (exact) mass is 503 g/mol. The minimum Gasteiger partial charge on any atom is -0.391 e. The summed E-state index contributed by atoms with van der Waals surface area (Å²) in [6.07, 6.45) is 2.49. The van der Waals surface area contributed by atoms with E-state index in [-0.39, 0.29) is 30.1 Å². The van der Waals surface area contributed by atoms with Crippen LogP contribution < -0.4 is 16.3 Å². The quantitative estimate of drug-likeness (QED) is 0.411. The van der Waals surface area contributed by atoms with Gasteiger partial charge < -0.3 is 25.6 Å². The van der Waals surface area contributed by atoms with Crippen molar-refractivity contribution in [3.8, 4) is 11.3 Å². The lowest BCUT2D eigenvalue weighted by Crippen LogP contribution is -2.57. The van der Waals surface area contributed by atoms with E-state index >= 15 is 0 Å². The molecule has 5 rings (SSSR count). The third-order valence-electron chi connectivity index (χ3n) is 7.36. The second-order valence-corrected chi connectivity index (χ2v) is 9.74. The Labute approximate surface area is 215 Å². The Morgan fingerprint density at radius 2 is 1.70 bits per heavy atom. The van der Waals surface area contributed by atoms with Gasteiger partial charge in [-0.2, -0.15) is 0 Å². The van der Waals surface area contributed by atoms with Crippen molar-refractivity contribution in [2.45, 2.75) is 43.9 Å². The van der Waals surface area contributed by atoms with Gasteiger partial charge in [0.2, 0.25) is 0 Å². The highest BCUT2D eigenvalue weighted by Gasteiger charge is 2.35. The highest BCUT2D eigenvalue weighted by molar-refractivity contribution is 5.99. The summed E-state index contributed by atoms with van der Waals surface area (Å²) in [5, 5.41) is 17.0.